The zero-order valence-electron chi connectivity index (χ0n) is 10.8. The van der Waals surface area contributed by atoms with E-state index in [1.165, 1.54) is 33.7 Å². The van der Waals surface area contributed by atoms with Crippen LogP contribution in [0.3, 0.4) is 0 Å². The topological polar surface area (TPSA) is 12.0 Å². The molecule has 2 aromatic rings. The molecule has 1 nitrogen and oxygen atoms in total. The Balaban J connectivity index is 1.50. The summed E-state index contributed by atoms with van der Waals surface area (Å²) in [7, 11) is 0. The van der Waals surface area contributed by atoms with Crippen LogP contribution in [-0.2, 0) is 13.1 Å². The Bertz CT molecular complexity index is 508. The van der Waals surface area contributed by atoms with Gasteiger partial charge in [0.1, 0.15) is 0 Å². The second kappa shape index (κ2) is 5.25. The van der Waals surface area contributed by atoms with E-state index in [2.05, 4.69) is 48.6 Å². The lowest BCUT2D eigenvalue weighted by atomic mass is 10.1. The maximum Gasteiger partial charge on any atom is 0.0303 e. The third-order valence-electron chi connectivity index (χ3n) is 3.45. The van der Waals surface area contributed by atoms with Gasteiger partial charge in [-0.3, -0.25) is 0 Å². The van der Waals surface area contributed by atoms with Crippen LogP contribution >= 0.6 is 11.3 Å². The standard InChI is InChI=1S/C16H19NS/c1-12-2-9-16(18-12)11-17-10-13-3-5-14(6-4-13)15-7-8-15/h2-6,9,15,17H,7-8,10-11H2,1H3. The fourth-order valence-corrected chi connectivity index (χ4v) is 3.09. The summed E-state index contributed by atoms with van der Waals surface area (Å²) >= 11 is 1.88. The Morgan fingerprint density at radius 2 is 1.83 bits per heavy atom. The van der Waals surface area contributed by atoms with Crippen molar-refractivity contribution < 1.29 is 0 Å². The van der Waals surface area contributed by atoms with E-state index < -0.39 is 0 Å². The van der Waals surface area contributed by atoms with Crippen molar-refractivity contribution >= 4 is 11.3 Å². The molecule has 0 unspecified atom stereocenters. The minimum atomic E-state index is 0.862. The molecule has 1 aliphatic rings. The van der Waals surface area contributed by atoms with Gasteiger partial charge in [0.15, 0.2) is 0 Å². The van der Waals surface area contributed by atoms with Gasteiger partial charge in [0.2, 0.25) is 0 Å². The average molecular weight is 257 g/mol. The van der Waals surface area contributed by atoms with Crippen molar-refractivity contribution in [3.63, 3.8) is 0 Å². The van der Waals surface area contributed by atoms with E-state index in [1.807, 2.05) is 11.3 Å². The average Bonchev–Trinajstić information content (AvgIpc) is 3.15. The van der Waals surface area contributed by atoms with Gasteiger partial charge in [-0.05, 0) is 48.9 Å². The van der Waals surface area contributed by atoms with Crippen LogP contribution in [0.4, 0.5) is 0 Å². The highest BCUT2D eigenvalue weighted by atomic mass is 32.1. The van der Waals surface area contributed by atoms with Gasteiger partial charge in [-0.2, -0.15) is 0 Å². The van der Waals surface area contributed by atoms with E-state index in [4.69, 9.17) is 0 Å². The zero-order valence-corrected chi connectivity index (χ0v) is 11.6. The van der Waals surface area contributed by atoms with Gasteiger partial charge in [-0.25, -0.2) is 0 Å². The van der Waals surface area contributed by atoms with Crippen molar-refractivity contribution in [2.24, 2.45) is 0 Å². The predicted octanol–water partition coefficient (Wildman–Crippen LogP) is 4.22. The van der Waals surface area contributed by atoms with Crippen molar-refractivity contribution in [3.8, 4) is 0 Å². The molecule has 1 saturated carbocycles. The smallest absolute Gasteiger partial charge is 0.0303 e. The van der Waals surface area contributed by atoms with Crippen LogP contribution < -0.4 is 5.32 Å². The molecule has 1 aliphatic carbocycles. The normalized spacial score (nSPS) is 14.9. The number of nitrogens with one attached hydrogen (secondary N) is 1. The molecule has 18 heavy (non-hydrogen) atoms. The molecular weight excluding hydrogens is 238 g/mol. The van der Waals surface area contributed by atoms with Crippen molar-refractivity contribution in [1.82, 2.24) is 5.32 Å². The Labute approximate surface area is 113 Å². The first kappa shape index (κ1) is 11.9. The molecule has 0 spiro atoms. The lowest BCUT2D eigenvalue weighted by Crippen LogP contribution is -2.11. The fraction of sp³-hybridized carbons (Fsp3) is 0.375. The Morgan fingerprint density at radius 3 is 2.44 bits per heavy atom. The number of hydrogen-bond acceptors (Lipinski definition) is 2. The quantitative estimate of drug-likeness (QED) is 0.845. The molecular formula is C16H19NS. The van der Waals surface area contributed by atoms with Crippen LogP contribution in [0.5, 0.6) is 0 Å². The van der Waals surface area contributed by atoms with Gasteiger partial charge < -0.3 is 5.32 Å². The molecule has 1 aromatic heterocycles. The largest absolute Gasteiger partial charge is 0.308 e. The number of hydrogen-bond donors (Lipinski definition) is 1. The highest BCUT2D eigenvalue weighted by Crippen LogP contribution is 2.39. The molecule has 3 rings (SSSR count). The summed E-state index contributed by atoms with van der Waals surface area (Å²) in [5, 5.41) is 3.51. The monoisotopic (exact) mass is 257 g/mol. The summed E-state index contributed by atoms with van der Waals surface area (Å²) in [6.45, 7) is 4.09. The second-order valence-electron chi connectivity index (χ2n) is 5.13. The summed E-state index contributed by atoms with van der Waals surface area (Å²) in [5.74, 6) is 0.862. The lowest BCUT2D eigenvalue weighted by Gasteiger charge is -2.05. The summed E-state index contributed by atoms with van der Waals surface area (Å²) in [6.07, 6.45) is 2.77. The second-order valence-corrected chi connectivity index (χ2v) is 6.50. The van der Waals surface area contributed by atoms with E-state index in [1.54, 1.807) is 0 Å². The van der Waals surface area contributed by atoms with E-state index in [0.717, 1.165) is 19.0 Å². The fourth-order valence-electron chi connectivity index (χ4n) is 2.23. The number of benzene rings is 1. The molecule has 0 atom stereocenters. The third-order valence-corrected chi connectivity index (χ3v) is 4.45. The molecule has 1 aromatic carbocycles. The summed E-state index contributed by atoms with van der Waals surface area (Å²) in [4.78, 5) is 2.81. The molecule has 2 heteroatoms. The Kier molecular flexibility index (Phi) is 3.48. The van der Waals surface area contributed by atoms with E-state index in [9.17, 15) is 0 Å². The zero-order chi connectivity index (χ0) is 12.4. The lowest BCUT2D eigenvalue weighted by molar-refractivity contribution is 0.700. The van der Waals surface area contributed by atoms with E-state index in [-0.39, 0.29) is 0 Å². The molecule has 1 N–H and O–H groups in total. The highest BCUT2D eigenvalue weighted by molar-refractivity contribution is 7.11. The van der Waals surface area contributed by atoms with Gasteiger partial charge >= 0.3 is 0 Å². The van der Waals surface area contributed by atoms with E-state index >= 15 is 0 Å². The summed E-state index contributed by atoms with van der Waals surface area (Å²) < 4.78 is 0. The van der Waals surface area contributed by atoms with Gasteiger partial charge in [-0.1, -0.05) is 24.3 Å². The van der Waals surface area contributed by atoms with Crippen LogP contribution in [0.2, 0.25) is 0 Å². The Hall–Kier alpha value is -1.12. The minimum Gasteiger partial charge on any atom is -0.308 e. The molecule has 0 bridgehead atoms. The SMILES string of the molecule is Cc1ccc(CNCc2ccc(C3CC3)cc2)s1. The first-order valence-electron chi connectivity index (χ1n) is 6.66. The number of thiophene rings is 1. The third kappa shape index (κ3) is 3.01. The molecule has 0 saturated heterocycles. The van der Waals surface area contributed by atoms with E-state index in [0.29, 0.717) is 0 Å². The predicted molar refractivity (Wildman–Crippen MR) is 78.0 cm³/mol. The molecule has 94 valence electrons. The molecule has 1 heterocycles. The Morgan fingerprint density at radius 1 is 1.06 bits per heavy atom. The van der Waals surface area contributed by atoms with Gasteiger partial charge in [0.25, 0.3) is 0 Å². The van der Waals surface area contributed by atoms with Gasteiger partial charge in [-0.15, -0.1) is 11.3 Å². The maximum absolute atomic E-state index is 3.51. The van der Waals surface area contributed by atoms with Crippen molar-refractivity contribution in [2.75, 3.05) is 0 Å². The van der Waals surface area contributed by atoms with Crippen LogP contribution in [0.1, 0.15) is 39.6 Å². The minimum absolute atomic E-state index is 0.862. The van der Waals surface area contributed by atoms with Crippen LogP contribution in [0.25, 0.3) is 0 Å². The first-order valence-corrected chi connectivity index (χ1v) is 7.48. The van der Waals surface area contributed by atoms with Crippen molar-refractivity contribution in [3.05, 3.63) is 57.3 Å². The molecule has 0 aliphatic heterocycles. The molecule has 0 amide bonds. The highest BCUT2D eigenvalue weighted by Gasteiger charge is 2.22. The van der Waals surface area contributed by atoms with Gasteiger partial charge in [0, 0.05) is 22.8 Å². The number of rotatable bonds is 5. The number of aryl methyl sites for hydroxylation is 1. The van der Waals surface area contributed by atoms with Gasteiger partial charge in [0.05, 0.1) is 0 Å². The molecule has 1 fully saturated rings. The van der Waals surface area contributed by atoms with Crippen LogP contribution in [0.15, 0.2) is 36.4 Å². The van der Waals surface area contributed by atoms with Crippen LogP contribution in [0, 0.1) is 6.92 Å². The van der Waals surface area contributed by atoms with Crippen molar-refractivity contribution in [2.45, 2.75) is 38.8 Å². The summed E-state index contributed by atoms with van der Waals surface area (Å²) in [6, 6.07) is 13.5. The maximum atomic E-state index is 3.51. The van der Waals surface area contributed by atoms with Crippen LogP contribution in [-0.4, -0.2) is 0 Å². The van der Waals surface area contributed by atoms with Crippen molar-refractivity contribution in [1.29, 1.82) is 0 Å². The first-order chi connectivity index (χ1) is 8.81. The molecule has 0 radical (unpaired) electrons. The summed E-state index contributed by atoms with van der Waals surface area (Å²) in [5.41, 5.74) is 2.90.